The molecule has 0 atom stereocenters. The van der Waals surface area contributed by atoms with Crippen molar-refractivity contribution in [2.24, 2.45) is 0 Å². The van der Waals surface area contributed by atoms with Crippen molar-refractivity contribution in [3.63, 3.8) is 0 Å². The molecule has 0 saturated heterocycles. The maximum Gasteiger partial charge on any atom is 0.264 e. The quantitative estimate of drug-likeness (QED) is 0.758. The van der Waals surface area contributed by atoms with Gasteiger partial charge in [0.2, 0.25) is 5.95 Å². The number of hydrogen-bond acceptors (Lipinski definition) is 5. The number of nitrogens with zero attached hydrogens (tertiary/aromatic N) is 2. The molecule has 2 aromatic rings. The van der Waals surface area contributed by atoms with Gasteiger partial charge in [0.1, 0.15) is 0 Å². The molecule has 0 fully saturated rings. The Labute approximate surface area is 138 Å². The summed E-state index contributed by atoms with van der Waals surface area (Å²) in [4.78, 5) is 7.67. The summed E-state index contributed by atoms with van der Waals surface area (Å²) < 4.78 is 26.0. The van der Waals surface area contributed by atoms with E-state index in [2.05, 4.69) is 14.7 Å². The van der Waals surface area contributed by atoms with Crippen molar-refractivity contribution in [1.29, 1.82) is 0 Å². The molecule has 0 amide bonds. The summed E-state index contributed by atoms with van der Waals surface area (Å²) in [5.74, 6) is 0.0318. The van der Waals surface area contributed by atoms with Crippen molar-refractivity contribution in [1.82, 2.24) is 9.97 Å². The van der Waals surface area contributed by atoms with Crippen LogP contribution >= 0.6 is 0 Å². The van der Waals surface area contributed by atoms with Gasteiger partial charge >= 0.3 is 0 Å². The van der Waals surface area contributed by atoms with E-state index >= 15 is 0 Å². The third kappa shape index (κ3) is 3.87. The first kappa shape index (κ1) is 15.3. The molecule has 18 heavy (non-hydrogen) atoms. The molecule has 1 heterocycles. The fourth-order valence-corrected chi connectivity index (χ4v) is 2.14. The number of anilines is 2. The van der Waals surface area contributed by atoms with Crippen molar-refractivity contribution in [3.05, 3.63) is 42.7 Å². The summed E-state index contributed by atoms with van der Waals surface area (Å²) in [6, 6.07) is 7.46. The van der Waals surface area contributed by atoms with Gasteiger partial charge in [-0.05, 0) is 30.3 Å². The van der Waals surface area contributed by atoms with Crippen molar-refractivity contribution in [2.75, 3.05) is 10.5 Å². The molecule has 6 nitrogen and oxygen atoms in total. The Morgan fingerprint density at radius 1 is 1.06 bits per heavy atom. The summed E-state index contributed by atoms with van der Waals surface area (Å²) in [6.45, 7) is 0. The molecular formula is C10H10CeN4O2S. The standard InChI is InChI=1S/C10H10N4O2S.Ce/c11-8-2-4-9(5-3-8)17(15,16)14-10-12-6-1-7-13-10;/h1-7H,11H2,(H,12,13,14);. The van der Waals surface area contributed by atoms with Crippen LogP contribution in [-0.2, 0) is 10.0 Å². The summed E-state index contributed by atoms with van der Waals surface area (Å²) >= 11 is 0. The van der Waals surface area contributed by atoms with Crippen LogP contribution < -0.4 is 10.5 Å². The van der Waals surface area contributed by atoms with Crippen LogP contribution in [0.3, 0.4) is 0 Å². The van der Waals surface area contributed by atoms with Gasteiger partial charge in [-0.15, -0.1) is 0 Å². The van der Waals surface area contributed by atoms with Crippen LogP contribution in [0.1, 0.15) is 0 Å². The second kappa shape index (κ2) is 6.41. The average molecular weight is 390 g/mol. The maximum absolute atomic E-state index is 11.9. The Hall–Kier alpha value is -0.773. The number of rotatable bonds is 3. The minimum Gasteiger partial charge on any atom is -0.399 e. The first-order chi connectivity index (χ1) is 8.08. The molecule has 0 bridgehead atoms. The van der Waals surface area contributed by atoms with E-state index in [1.807, 2.05) is 0 Å². The number of hydrogen-bond donors (Lipinski definition) is 2. The summed E-state index contributed by atoms with van der Waals surface area (Å²) in [5.41, 5.74) is 5.98. The zero-order valence-corrected chi connectivity index (χ0v) is 13.2. The van der Waals surface area contributed by atoms with Crippen molar-refractivity contribution in [2.45, 2.75) is 4.90 Å². The first-order valence-electron chi connectivity index (χ1n) is 4.73. The van der Waals surface area contributed by atoms with Crippen LogP contribution in [0.4, 0.5) is 11.6 Å². The molecule has 0 radical (unpaired) electrons. The number of nitrogens with two attached hydrogens (primary N) is 1. The van der Waals surface area contributed by atoms with Gasteiger partial charge in [0.05, 0.1) is 4.90 Å². The van der Waals surface area contributed by atoms with Gasteiger partial charge in [-0.3, -0.25) is 0 Å². The molecule has 92 valence electrons. The van der Waals surface area contributed by atoms with Gasteiger partial charge in [0.25, 0.3) is 10.0 Å². The molecule has 1 aromatic heterocycles. The SMILES string of the molecule is Nc1ccc(S(=O)(=O)Nc2ncccn2)cc1.[Ce]. The zero-order chi connectivity index (χ0) is 12.3. The average Bonchev–Trinajstić information content (AvgIpc) is 2.30. The van der Waals surface area contributed by atoms with E-state index in [-0.39, 0.29) is 52.6 Å². The Balaban J connectivity index is 0.00000162. The van der Waals surface area contributed by atoms with Gasteiger partial charge in [-0.1, -0.05) is 0 Å². The Bertz CT molecular complexity index is 602. The Kier molecular flexibility index (Phi) is 5.44. The second-order valence-electron chi connectivity index (χ2n) is 3.25. The minimum atomic E-state index is -3.66. The first-order valence-corrected chi connectivity index (χ1v) is 6.22. The van der Waals surface area contributed by atoms with Crippen LogP contribution in [0.25, 0.3) is 0 Å². The topological polar surface area (TPSA) is 98.0 Å². The van der Waals surface area contributed by atoms with E-state index in [0.29, 0.717) is 5.69 Å². The summed E-state index contributed by atoms with van der Waals surface area (Å²) in [5, 5.41) is 0. The molecule has 0 unspecified atom stereocenters. The van der Waals surface area contributed by atoms with Crippen LogP contribution in [0.5, 0.6) is 0 Å². The molecule has 0 aliphatic carbocycles. The van der Waals surface area contributed by atoms with Crippen LogP contribution in [0.15, 0.2) is 47.6 Å². The second-order valence-corrected chi connectivity index (χ2v) is 4.93. The number of nitrogen functional groups attached to an aromatic ring is 1. The summed E-state index contributed by atoms with van der Waals surface area (Å²) in [6.07, 6.45) is 2.90. The number of benzene rings is 1. The number of sulfonamides is 1. The van der Waals surface area contributed by atoms with Gasteiger partial charge in [-0.2, -0.15) is 0 Å². The minimum absolute atomic E-state index is 0. The number of aromatic nitrogens is 2. The fraction of sp³-hybridized carbons (Fsp3) is 0. The molecule has 0 spiro atoms. The number of nitrogens with one attached hydrogen (secondary N) is 1. The van der Waals surface area contributed by atoms with Gasteiger partial charge < -0.3 is 5.73 Å². The summed E-state index contributed by atoms with van der Waals surface area (Å²) in [7, 11) is -3.66. The fourth-order valence-electron chi connectivity index (χ4n) is 1.18. The predicted molar refractivity (Wildman–Crippen MR) is 63.7 cm³/mol. The molecule has 0 aliphatic rings. The third-order valence-corrected chi connectivity index (χ3v) is 3.33. The predicted octanol–water partition coefficient (Wildman–Crippen LogP) is 0.860. The Morgan fingerprint density at radius 3 is 2.17 bits per heavy atom. The monoisotopic (exact) mass is 390 g/mol. The van der Waals surface area contributed by atoms with E-state index in [4.69, 9.17) is 5.73 Å². The maximum atomic E-state index is 11.9. The molecule has 0 aliphatic heterocycles. The van der Waals surface area contributed by atoms with Crippen molar-refractivity contribution >= 4 is 21.7 Å². The van der Waals surface area contributed by atoms with E-state index in [0.717, 1.165) is 0 Å². The van der Waals surface area contributed by atoms with Gasteiger partial charge in [-0.25, -0.2) is 23.1 Å². The molecule has 1 aromatic carbocycles. The molecule has 0 saturated carbocycles. The largest absolute Gasteiger partial charge is 0.399 e. The normalized spacial score (nSPS) is 10.4. The molecule has 3 N–H and O–H groups in total. The van der Waals surface area contributed by atoms with Crippen molar-refractivity contribution < 1.29 is 50.2 Å². The van der Waals surface area contributed by atoms with E-state index in [9.17, 15) is 8.42 Å². The Morgan fingerprint density at radius 2 is 1.61 bits per heavy atom. The van der Waals surface area contributed by atoms with Crippen molar-refractivity contribution in [3.8, 4) is 0 Å². The molecular weight excluding hydrogens is 380 g/mol. The van der Waals surface area contributed by atoms with Gasteiger partial charge in [0, 0.05) is 59.8 Å². The third-order valence-electron chi connectivity index (χ3n) is 1.98. The van der Waals surface area contributed by atoms with E-state index in [1.54, 1.807) is 6.07 Å². The van der Waals surface area contributed by atoms with E-state index < -0.39 is 10.0 Å². The zero-order valence-electron chi connectivity index (χ0n) is 9.24. The molecule has 2 rings (SSSR count). The van der Waals surface area contributed by atoms with Crippen LogP contribution in [0, 0.1) is 41.7 Å². The molecule has 8 heteroatoms. The van der Waals surface area contributed by atoms with Crippen LogP contribution in [0.2, 0.25) is 0 Å². The van der Waals surface area contributed by atoms with E-state index in [1.165, 1.54) is 36.7 Å². The smallest absolute Gasteiger partial charge is 0.264 e. The van der Waals surface area contributed by atoms with Crippen LogP contribution in [-0.4, -0.2) is 18.4 Å². The van der Waals surface area contributed by atoms with Gasteiger partial charge in [0.15, 0.2) is 0 Å².